The van der Waals surface area contributed by atoms with Gasteiger partial charge in [-0.25, -0.2) is 4.98 Å². The van der Waals surface area contributed by atoms with Gasteiger partial charge in [0.15, 0.2) is 0 Å². The van der Waals surface area contributed by atoms with E-state index in [0.717, 1.165) is 11.3 Å². The molecule has 0 amide bonds. The lowest BCUT2D eigenvalue weighted by Gasteiger charge is -2.21. The average Bonchev–Trinajstić information content (AvgIpc) is 2.62. The second-order valence-corrected chi connectivity index (χ2v) is 8.41. The van der Waals surface area contributed by atoms with Crippen LogP contribution in [0, 0.1) is 6.92 Å². The third-order valence-electron chi connectivity index (χ3n) is 4.02. The summed E-state index contributed by atoms with van der Waals surface area (Å²) in [4.78, 5) is 8.96. The Bertz CT molecular complexity index is 1080. The van der Waals surface area contributed by atoms with Crippen molar-refractivity contribution in [3.8, 4) is 17.0 Å². The molecule has 1 heterocycles. The van der Waals surface area contributed by atoms with Gasteiger partial charge in [-0.2, -0.15) is 4.98 Å². The maximum absolute atomic E-state index is 12.6. The molecule has 0 radical (unpaired) electrons. The Morgan fingerprint density at radius 1 is 0.968 bits per heavy atom. The van der Waals surface area contributed by atoms with Crippen molar-refractivity contribution in [1.82, 2.24) is 9.97 Å². The molecule has 164 valence electrons. The molecule has 0 bridgehead atoms. The molecule has 5 nitrogen and oxygen atoms in total. The number of aryl methyl sites for hydroxylation is 1. The third-order valence-corrected chi connectivity index (χ3v) is 4.43. The molecule has 0 aliphatic heterocycles. The Balaban J connectivity index is 2.01. The van der Waals surface area contributed by atoms with Crippen molar-refractivity contribution in [3.63, 3.8) is 0 Å². The Morgan fingerprint density at radius 3 is 2.35 bits per heavy atom. The fraction of sp³-hybridized carbons (Fsp3) is 0.273. The number of rotatable bonds is 5. The van der Waals surface area contributed by atoms with Gasteiger partial charge in [-0.1, -0.05) is 29.8 Å². The van der Waals surface area contributed by atoms with Gasteiger partial charge in [0.25, 0.3) is 0 Å². The highest BCUT2D eigenvalue weighted by molar-refractivity contribution is 6.31. The van der Waals surface area contributed by atoms with E-state index in [-0.39, 0.29) is 11.3 Å². The predicted molar refractivity (Wildman–Crippen MR) is 117 cm³/mol. The minimum Gasteiger partial charge on any atom is -0.406 e. The van der Waals surface area contributed by atoms with Crippen LogP contribution in [0.2, 0.25) is 5.02 Å². The van der Waals surface area contributed by atoms with E-state index < -0.39 is 6.36 Å². The quantitative estimate of drug-likeness (QED) is 0.440. The number of ether oxygens (including phenoxy) is 1. The highest BCUT2D eigenvalue weighted by Crippen LogP contribution is 2.30. The fourth-order valence-electron chi connectivity index (χ4n) is 2.72. The Morgan fingerprint density at radius 2 is 1.71 bits per heavy atom. The number of hydrogen-bond donors (Lipinski definition) is 2. The lowest BCUT2D eigenvalue weighted by Crippen LogP contribution is -2.27. The van der Waals surface area contributed by atoms with E-state index in [2.05, 4.69) is 25.3 Å². The van der Waals surface area contributed by atoms with Crippen molar-refractivity contribution in [1.29, 1.82) is 0 Å². The summed E-state index contributed by atoms with van der Waals surface area (Å²) in [6.07, 6.45) is -4.78. The van der Waals surface area contributed by atoms with Crippen molar-refractivity contribution in [2.45, 2.75) is 39.6 Å². The molecule has 0 saturated heterocycles. The number of alkyl halides is 3. The number of benzene rings is 2. The second kappa shape index (κ2) is 8.63. The number of anilines is 3. The number of halogens is 4. The number of hydrogen-bond acceptors (Lipinski definition) is 5. The van der Waals surface area contributed by atoms with Crippen molar-refractivity contribution in [2.75, 3.05) is 10.6 Å². The van der Waals surface area contributed by atoms with Gasteiger partial charge in [-0.3, -0.25) is 0 Å². The topological polar surface area (TPSA) is 59.1 Å². The molecule has 0 saturated carbocycles. The van der Waals surface area contributed by atoms with Crippen LogP contribution in [-0.2, 0) is 0 Å². The van der Waals surface area contributed by atoms with E-state index in [0.29, 0.717) is 28.0 Å². The molecule has 3 rings (SSSR count). The van der Waals surface area contributed by atoms with Crippen LogP contribution in [0.1, 0.15) is 26.3 Å². The molecule has 2 aromatic carbocycles. The van der Waals surface area contributed by atoms with Gasteiger partial charge in [-0.05, 0) is 57.5 Å². The molecular formula is C22H22ClF3N4O. The summed E-state index contributed by atoms with van der Waals surface area (Å²) in [5.74, 6) is 0.459. The molecule has 0 fully saturated rings. The van der Waals surface area contributed by atoms with Gasteiger partial charge < -0.3 is 15.4 Å². The summed E-state index contributed by atoms with van der Waals surface area (Å²) >= 11 is 6.20. The van der Waals surface area contributed by atoms with Gasteiger partial charge in [0, 0.05) is 27.9 Å². The lowest BCUT2D eigenvalue weighted by molar-refractivity contribution is -0.274. The van der Waals surface area contributed by atoms with Crippen LogP contribution in [-0.4, -0.2) is 21.9 Å². The smallest absolute Gasteiger partial charge is 0.406 e. The molecule has 0 aliphatic rings. The molecule has 31 heavy (non-hydrogen) atoms. The highest BCUT2D eigenvalue weighted by atomic mass is 35.5. The van der Waals surface area contributed by atoms with Crippen molar-refractivity contribution in [3.05, 3.63) is 59.1 Å². The minimum absolute atomic E-state index is 0.325. The van der Waals surface area contributed by atoms with Crippen LogP contribution in [0.25, 0.3) is 11.3 Å². The van der Waals surface area contributed by atoms with E-state index in [1.54, 1.807) is 18.2 Å². The zero-order valence-corrected chi connectivity index (χ0v) is 18.2. The predicted octanol–water partition coefficient (Wildman–Crippen LogP) is 6.96. The van der Waals surface area contributed by atoms with Gasteiger partial charge >= 0.3 is 6.36 Å². The van der Waals surface area contributed by atoms with Gasteiger partial charge in [0.05, 0.1) is 5.69 Å². The molecule has 1 aromatic heterocycles. The summed E-state index contributed by atoms with van der Waals surface area (Å²) in [6, 6.07) is 12.8. The normalized spacial score (nSPS) is 11.9. The molecule has 0 aliphatic carbocycles. The van der Waals surface area contributed by atoms with Gasteiger partial charge in [0.1, 0.15) is 11.6 Å². The van der Waals surface area contributed by atoms with Crippen molar-refractivity contribution < 1.29 is 17.9 Å². The fourth-order valence-corrected chi connectivity index (χ4v) is 2.90. The first kappa shape index (κ1) is 22.7. The van der Waals surface area contributed by atoms with Crippen molar-refractivity contribution in [2.24, 2.45) is 0 Å². The molecule has 9 heteroatoms. The van der Waals surface area contributed by atoms with Crippen LogP contribution in [0.4, 0.5) is 30.6 Å². The minimum atomic E-state index is -4.78. The van der Waals surface area contributed by atoms with E-state index in [1.807, 2.05) is 39.8 Å². The Labute approximate surface area is 183 Å². The largest absolute Gasteiger partial charge is 0.573 e. The first-order valence-electron chi connectivity index (χ1n) is 9.45. The van der Waals surface area contributed by atoms with Crippen LogP contribution in [0.5, 0.6) is 5.75 Å². The molecule has 0 atom stereocenters. The maximum Gasteiger partial charge on any atom is 0.573 e. The molecule has 0 unspecified atom stereocenters. The average molecular weight is 451 g/mol. The maximum atomic E-state index is 12.6. The van der Waals surface area contributed by atoms with Crippen LogP contribution in [0.3, 0.4) is 0 Å². The molecule has 3 aromatic rings. The zero-order valence-electron chi connectivity index (χ0n) is 17.4. The summed E-state index contributed by atoms with van der Waals surface area (Å²) in [5, 5.41) is 6.97. The van der Waals surface area contributed by atoms with E-state index in [9.17, 15) is 13.2 Å². The standard InChI is InChI=1S/C22H22ClF3N4O/c1-13-8-9-15(11-17(13)23)27-19-12-18(28-20(29-19)30-21(2,3)4)14-6-5-7-16(10-14)31-22(24,25)26/h5-12H,1-4H3,(H2,27,28,29,30). The SMILES string of the molecule is Cc1ccc(Nc2cc(-c3cccc(OC(F)(F)F)c3)nc(NC(C)(C)C)n2)cc1Cl. The summed E-state index contributed by atoms with van der Waals surface area (Å²) < 4.78 is 41.9. The third kappa shape index (κ3) is 6.75. The number of nitrogens with one attached hydrogen (secondary N) is 2. The molecular weight excluding hydrogens is 429 g/mol. The molecule has 2 N–H and O–H groups in total. The molecule has 0 spiro atoms. The summed E-state index contributed by atoms with van der Waals surface area (Å²) in [7, 11) is 0. The van der Waals surface area contributed by atoms with Gasteiger partial charge in [0.2, 0.25) is 5.95 Å². The second-order valence-electron chi connectivity index (χ2n) is 8.00. The number of aromatic nitrogens is 2. The number of nitrogens with zero attached hydrogens (tertiary/aromatic N) is 2. The monoisotopic (exact) mass is 450 g/mol. The Kier molecular flexibility index (Phi) is 6.31. The lowest BCUT2D eigenvalue weighted by atomic mass is 10.1. The van der Waals surface area contributed by atoms with Crippen LogP contribution < -0.4 is 15.4 Å². The zero-order chi connectivity index (χ0) is 22.8. The van der Waals surface area contributed by atoms with Gasteiger partial charge in [-0.15, -0.1) is 13.2 Å². The highest BCUT2D eigenvalue weighted by Gasteiger charge is 2.31. The van der Waals surface area contributed by atoms with Crippen molar-refractivity contribution >= 4 is 29.1 Å². The van der Waals surface area contributed by atoms with Crippen LogP contribution in [0.15, 0.2) is 48.5 Å². The van der Waals surface area contributed by atoms with E-state index in [4.69, 9.17) is 11.6 Å². The van der Waals surface area contributed by atoms with Crippen LogP contribution >= 0.6 is 11.6 Å². The van der Waals surface area contributed by atoms with E-state index in [1.165, 1.54) is 18.2 Å². The first-order valence-corrected chi connectivity index (χ1v) is 9.82. The first-order chi connectivity index (χ1) is 14.4. The van der Waals surface area contributed by atoms with E-state index >= 15 is 0 Å². The Hall–Kier alpha value is -3.00. The summed E-state index contributed by atoms with van der Waals surface area (Å²) in [6.45, 7) is 7.76. The summed E-state index contributed by atoms with van der Waals surface area (Å²) in [5.41, 5.74) is 2.20.